The van der Waals surface area contributed by atoms with Crippen LogP contribution < -0.4 is 5.32 Å². The topological polar surface area (TPSA) is 58.6 Å². The minimum absolute atomic E-state index is 0.183. The van der Waals surface area contributed by atoms with Gasteiger partial charge in [-0.1, -0.05) is 72.8 Å². The van der Waals surface area contributed by atoms with Gasteiger partial charge in [0.2, 0.25) is 5.91 Å². The zero-order valence-electron chi connectivity index (χ0n) is 18.0. The van der Waals surface area contributed by atoms with Crippen LogP contribution in [0.3, 0.4) is 0 Å². The molecular weight excluding hydrogens is 420 g/mol. The minimum atomic E-state index is -0.322. The number of amides is 1. The van der Waals surface area contributed by atoms with Crippen LogP contribution in [0.15, 0.2) is 78.9 Å². The van der Waals surface area contributed by atoms with E-state index in [2.05, 4.69) is 5.32 Å². The fourth-order valence-corrected chi connectivity index (χ4v) is 3.56. The summed E-state index contributed by atoms with van der Waals surface area (Å²) in [6.07, 6.45) is 3.43. The van der Waals surface area contributed by atoms with E-state index in [-0.39, 0.29) is 23.4 Å². The lowest BCUT2D eigenvalue weighted by Gasteiger charge is -2.25. The van der Waals surface area contributed by atoms with E-state index in [1.54, 1.807) is 17.9 Å². The predicted octanol–water partition coefficient (Wildman–Crippen LogP) is 4.71. The van der Waals surface area contributed by atoms with Crippen LogP contribution >= 0.6 is 12.2 Å². The highest BCUT2D eigenvalue weighted by Gasteiger charge is 2.14. The van der Waals surface area contributed by atoms with Gasteiger partial charge in [-0.2, -0.15) is 0 Å². The summed E-state index contributed by atoms with van der Waals surface area (Å²) in [7, 11) is 0. The van der Waals surface area contributed by atoms with E-state index in [9.17, 15) is 9.59 Å². The first kappa shape index (κ1) is 23.2. The molecule has 0 aliphatic carbocycles. The first-order valence-corrected chi connectivity index (χ1v) is 10.9. The Kier molecular flexibility index (Phi) is 8.52. The van der Waals surface area contributed by atoms with Crippen LogP contribution in [0.5, 0.6) is 0 Å². The highest BCUT2D eigenvalue weighted by molar-refractivity contribution is 7.80. The number of ether oxygens (including phenoxy) is 1. The van der Waals surface area contributed by atoms with Crippen molar-refractivity contribution in [3.63, 3.8) is 0 Å². The molecule has 0 aliphatic heterocycles. The molecule has 164 valence electrons. The van der Waals surface area contributed by atoms with Crippen LogP contribution in [0, 0.1) is 0 Å². The highest BCUT2D eigenvalue weighted by Crippen LogP contribution is 2.19. The van der Waals surface area contributed by atoms with Crippen molar-refractivity contribution < 1.29 is 14.3 Å². The number of nitrogens with one attached hydrogen (secondary N) is 1. The number of rotatable bonds is 8. The van der Waals surface area contributed by atoms with Gasteiger partial charge in [0.25, 0.3) is 0 Å². The summed E-state index contributed by atoms with van der Waals surface area (Å²) in [5, 5.41) is 5.20. The lowest BCUT2D eigenvalue weighted by Crippen LogP contribution is -2.42. The van der Waals surface area contributed by atoms with Gasteiger partial charge in [-0.25, -0.2) is 0 Å². The third kappa shape index (κ3) is 6.75. The van der Waals surface area contributed by atoms with Crippen molar-refractivity contribution in [1.29, 1.82) is 0 Å². The van der Waals surface area contributed by atoms with E-state index >= 15 is 0 Å². The Hall–Kier alpha value is -3.51. The average Bonchev–Trinajstić information content (AvgIpc) is 2.81. The van der Waals surface area contributed by atoms with Crippen molar-refractivity contribution in [2.75, 3.05) is 13.2 Å². The molecule has 0 unspecified atom stereocenters. The standard InChI is InChI=1S/C26H26N2O3S/c1-2-31-25(30)17-18-28(19-20-9-4-3-5-10-20)26(32)27-24(29)16-15-22-13-8-12-21-11-6-7-14-23(21)22/h3-16H,2,17-19H2,1H3,(H,27,29,32)/b16-15+. The molecule has 5 nitrogen and oxygen atoms in total. The van der Waals surface area contributed by atoms with Gasteiger partial charge < -0.3 is 9.64 Å². The molecule has 0 spiro atoms. The van der Waals surface area contributed by atoms with Crippen LogP contribution in [0.1, 0.15) is 24.5 Å². The Morgan fingerprint density at radius 2 is 1.72 bits per heavy atom. The van der Waals surface area contributed by atoms with Gasteiger partial charge in [-0.3, -0.25) is 14.9 Å². The number of esters is 1. The van der Waals surface area contributed by atoms with Crippen LogP contribution in [0.2, 0.25) is 0 Å². The smallest absolute Gasteiger partial charge is 0.307 e. The van der Waals surface area contributed by atoms with Gasteiger partial charge in [0.15, 0.2) is 5.11 Å². The molecule has 3 aromatic carbocycles. The van der Waals surface area contributed by atoms with Gasteiger partial charge in [-0.05, 0) is 47.1 Å². The lowest BCUT2D eigenvalue weighted by atomic mass is 10.0. The van der Waals surface area contributed by atoms with Crippen LogP contribution in [-0.4, -0.2) is 35.0 Å². The van der Waals surface area contributed by atoms with Crippen molar-refractivity contribution in [1.82, 2.24) is 10.2 Å². The molecule has 1 amide bonds. The van der Waals surface area contributed by atoms with Gasteiger partial charge in [-0.15, -0.1) is 0 Å². The van der Waals surface area contributed by atoms with Crippen LogP contribution in [0.25, 0.3) is 16.8 Å². The maximum Gasteiger partial charge on any atom is 0.307 e. The van der Waals surface area contributed by atoms with Crippen molar-refractivity contribution >= 4 is 46.1 Å². The molecule has 0 saturated carbocycles. The SMILES string of the molecule is CCOC(=O)CCN(Cc1ccccc1)C(=S)NC(=O)/C=C/c1cccc2ccccc12. The Bertz CT molecular complexity index is 1110. The van der Waals surface area contributed by atoms with Crippen LogP contribution in [0.4, 0.5) is 0 Å². The molecule has 0 fully saturated rings. The van der Waals surface area contributed by atoms with Crippen LogP contribution in [-0.2, 0) is 20.9 Å². The zero-order chi connectivity index (χ0) is 22.8. The fourth-order valence-electron chi connectivity index (χ4n) is 3.30. The maximum atomic E-state index is 12.6. The molecule has 32 heavy (non-hydrogen) atoms. The molecule has 6 heteroatoms. The Labute approximate surface area is 193 Å². The number of carbonyl (C=O) groups excluding carboxylic acids is 2. The van der Waals surface area contributed by atoms with Crippen molar-refractivity contribution in [2.45, 2.75) is 19.9 Å². The fraction of sp³-hybridized carbons (Fsp3) is 0.192. The third-order valence-electron chi connectivity index (χ3n) is 4.86. The van der Waals surface area contributed by atoms with E-state index in [0.717, 1.165) is 21.9 Å². The van der Waals surface area contributed by atoms with Gasteiger partial charge in [0.1, 0.15) is 0 Å². The summed E-state index contributed by atoms with van der Waals surface area (Å²) in [4.78, 5) is 26.2. The lowest BCUT2D eigenvalue weighted by molar-refractivity contribution is -0.143. The zero-order valence-corrected chi connectivity index (χ0v) is 18.8. The first-order valence-electron chi connectivity index (χ1n) is 10.5. The molecule has 0 aliphatic rings. The second kappa shape index (κ2) is 11.8. The molecule has 0 atom stereocenters. The normalized spacial score (nSPS) is 10.8. The summed E-state index contributed by atoms with van der Waals surface area (Å²) < 4.78 is 5.02. The molecular formula is C26H26N2O3S. The van der Waals surface area contributed by atoms with Crippen molar-refractivity contribution in [3.05, 3.63) is 90.0 Å². The molecule has 0 aromatic heterocycles. The van der Waals surface area contributed by atoms with Gasteiger partial charge in [0.05, 0.1) is 13.0 Å². The number of thiocarbonyl (C=S) groups is 1. The van der Waals surface area contributed by atoms with E-state index in [4.69, 9.17) is 17.0 Å². The number of fused-ring (bicyclic) bond motifs is 1. The van der Waals surface area contributed by atoms with E-state index in [0.29, 0.717) is 19.7 Å². The van der Waals surface area contributed by atoms with Gasteiger partial charge >= 0.3 is 5.97 Å². The Balaban J connectivity index is 1.67. The molecule has 1 N–H and O–H groups in total. The summed E-state index contributed by atoms with van der Waals surface area (Å²) in [5.74, 6) is -0.618. The van der Waals surface area contributed by atoms with Crippen molar-refractivity contribution in [3.8, 4) is 0 Å². The first-order chi connectivity index (χ1) is 15.6. The molecule has 3 rings (SSSR count). The monoisotopic (exact) mass is 446 g/mol. The Morgan fingerprint density at radius 1 is 1.00 bits per heavy atom. The summed E-state index contributed by atoms with van der Waals surface area (Å²) in [6.45, 7) is 2.93. The number of hydrogen-bond donors (Lipinski definition) is 1. The number of benzene rings is 3. The summed E-state index contributed by atoms with van der Waals surface area (Å²) >= 11 is 5.48. The molecule has 0 bridgehead atoms. The summed E-state index contributed by atoms with van der Waals surface area (Å²) in [6, 6.07) is 23.7. The second-order valence-electron chi connectivity index (χ2n) is 7.16. The predicted molar refractivity (Wildman–Crippen MR) is 132 cm³/mol. The van der Waals surface area contributed by atoms with Crippen molar-refractivity contribution in [2.24, 2.45) is 0 Å². The molecule has 0 heterocycles. The maximum absolute atomic E-state index is 12.6. The quantitative estimate of drug-likeness (QED) is 0.309. The van der Waals surface area contributed by atoms with E-state index < -0.39 is 0 Å². The molecule has 0 saturated heterocycles. The average molecular weight is 447 g/mol. The largest absolute Gasteiger partial charge is 0.466 e. The van der Waals surface area contributed by atoms with Gasteiger partial charge in [0, 0.05) is 19.2 Å². The third-order valence-corrected chi connectivity index (χ3v) is 5.22. The molecule has 0 radical (unpaired) electrons. The number of hydrogen-bond acceptors (Lipinski definition) is 4. The van der Waals surface area contributed by atoms with E-state index in [1.807, 2.05) is 72.8 Å². The second-order valence-corrected chi connectivity index (χ2v) is 7.54. The Morgan fingerprint density at radius 3 is 2.50 bits per heavy atom. The molecule has 3 aromatic rings. The summed E-state index contributed by atoms with van der Waals surface area (Å²) in [5.41, 5.74) is 1.98. The number of carbonyl (C=O) groups is 2. The highest BCUT2D eigenvalue weighted by atomic mass is 32.1. The van der Waals surface area contributed by atoms with E-state index in [1.165, 1.54) is 6.08 Å². The number of nitrogens with zero attached hydrogens (tertiary/aromatic N) is 1. The minimum Gasteiger partial charge on any atom is -0.466 e.